The van der Waals surface area contributed by atoms with Gasteiger partial charge < -0.3 is 10.1 Å². The first-order valence-electron chi connectivity index (χ1n) is 8.58. The van der Waals surface area contributed by atoms with Crippen molar-refractivity contribution in [3.63, 3.8) is 0 Å². The molecule has 0 saturated carbocycles. The molecule has 3 aromatic carbocycles. The average molecular weight is 333 g/mol. The van der Waals surface area contributed by atoms with Crippen LogP contribution in [0.5, 0.6) is 5.75 Å². The lowest BCUT2D eigenvalue weighted by molar-refractivity contribution is 0.0950. The van der Waals surface area contributed by atoms with Crippen molar-refractivity contribution < 1.29 is 9.53 Å². The van der Waals surface area contributed by atoms with Crippen LogP contribution in [0.4, 0.5) is 0 Å². The average Bonchev–Trinajstić information content (AvgIpc) is 2.65. The van der Waals surface area contributed by atoms with Crippen molar-refractivity contribution in [1.82, 2.24) is 5.32 Å². The largest absolute Gasteiger partial charge is 0.496 e. The molecule has 0 aromatic heterocycles. The Labute approximate surface area is 148 Å². The summed E-state index contributed by atoms with van der Waals surface area (Å²) in [6.45, 7) is 2.73. The molecule has 3 heteroatoms. The number of hydrogen-bond donors (Lipinski definition) is 1. The number of fused-ring (bicyclic) bond motifs is 1. The molecule has 0 aliphatic heterocycles. The van der Waals surface area contributed by atoms with Crippen molar-refractivity contribution in [1.29, 1.82) is 0 Å². The molecule has 3 rings (SSSR count). The Morgan fingerprint density at radius 1 is 1.00 bits per heavy atom. The van der Waals surface area contributed by atoms with Gasteiger partial charge in [-0.2, -0.15) is 0 Å². The lowest BCUT2D eigenvalue weighted by Crippen LogP contribution is -2.25. The van der Waals surface area contributed by atoms with Crippen molar-refractivity contribution in [2.45, 2.75) is 19.8 Å². The van der Waals surface area contributed by atoms with E-state index in [9.17, 15) is 4.79 Å². The van der Waals surface area contributed by atoms with Crippen LogP contribution >= 0.6 is 0 Å². The highest BCUT2D eigenvalue weighted by Gasteiger charge is 2.13. The van der Waals surface area contributed by atoms with Crippen LogP contribution in [-0.4, -0.2) is 19.6 Å². The Bertz CT molecular complexity index is 869. The van der Waals surface area contributed by atoms with Gasteiger partial charge in [0, 0.05) is 6.54 Å². The van der Waals surface area contributed by atoms with Crippen LogP contribution in [0.3, 0.4) is 0 Å². The van der Waals surface area contributed by atoms with Crippen molar-refractivity contribution in [2.24, 2.45) is 0 Å². The molecule has 0 spiro atoms. The molecule has 0 unspecified atom stereocenters. The van der Waals surface area contributed by atoms with Gasteiger partial charge in [0.1, 0.15) is 5.75 Å². The van der Waals surface area contributed by atoms with Crippen molar-refractivity contribution in [2.75, 3.05) is 13.7 Å². The Hall–Kier alpha value is -2.81. The number of ether oxygens (including phenoxy) is 1. The highest BCUT2D eigenvalue weighted by atomic mass is 16.5. The van der Waals surface area contributed by atoms with E-state index in [4.69, 9.17) is 4.74 Å². The quantitative estimate of drug-likeness (QED) is 0.674. The molecule has 0 atom stereocenters. The third kappa shape index (κ3) is 4.18. The predicted octanol–water partition coefficient (Wildman–Crippen LogP) is 4.52. The van der Waals surface area contributed by atoms with Gasteiger partial charge in [0.25, 0.3) is 5.91 Å². The second-order valence-electron chi connectivity index (χ2n) is 6.24. The summed E-state index contributed by atoms with van der Waals surface area (Å²) in [5.74, 6) is 0.515. The first-order chi connectivity index (χ1) is 12.2. The molecule has 3 aromatic rings. The molecule has 0 heterocycles. The standard InChI is InChI=1S/C22H23NO2/c1-16-9-11-17(12-10-16)6-5-13-23-22(24)20-14-18-7-3-4-8-19(18)15-21(20)25-2/h3-4,7-12,14-15H,5-6,13H2,1-2H3,(H,23,24). The highest BCUT2D eigenvalue weighted by molar-refractivity contribution is 6.01. The number of benzene rings is 3. The van der Waals surface area contributed by atoms with Crippen LogP contribution in [0.25, 0.3) is 10.8 Å². The van der Waals surface area contributed by atoms with Crippen molar-refractivity contribution in [3.8, 4) is 5.75 Å². The van der Waals surface area contributed by atoms with Gasteiger partial charge in [0.05, 0.1) is 12.7 Å². The maximum Gasteiger partial charge on any atom is 0.255 e. The Kier molecular flexibility index (Phi) is 5.34. The Morgan fingerprint density at radius 2 is 1.68 bits per heavy atom. The van der Waals surface area contributed by atoms with Gasteiger partial charge in [-0.25, -0.2) is 0 Å². The van der Waals surface area contributed by atoms with Gasteiger partial charge in [0.15, 0.2) is 0 Å². The first-order valence-corrected chi connectivity index (χ1v) is 8.58. The SMILES string of the molecule is COc1cc2ccccc2cc1C(=O)NCCCc1ccc(C)cc1. The zero-order chi connectivity index (χ0) is 17.6. The van der Waals surface area contributed by atoms with Crippen molar-refractivity contribution >= 4 is 16.7 Å². The minimum atomic E-state index is -0.0912. The minimum absolute atomic E-state index is 0.0912. The van der Waals surface area contributed by atoms with E-state index in [1.807, 2.05) is 36.4 Å². The summed E-state index contributed by atoms with van der Waals surface area (Å²) in [4.78, 5) is 12.5. The van der Waals surface area contributed by atoms with Crippen LogP contribution in [0.2, 0.25) is 0 Å². The van der Waals surface area contributed by atoms with E-state index < -0.39 is 0 Å². The fraction of sp³-hybridized carbons (Fsp3) is 0.227. The molecule has 1 N–H and O–H groups in total. The van der Waals surface area contributed by atoms with Gasteiger partial charge >= 0.3 is 0 Å². The van der Waals surface area contributed by atoms with E-state index in [2.05, 4.69) is 36.5 Å². The molecule has 0 saturated heterocycles. The van der Waals surface area contributed by atoms with Crippen LogP contribution in [0.15, 0.2) is 60.7 Å². The topological polar surface area (TPSA) is 38.3 Å². The number of carbonyl (C=O) groups is 1. The van der Waals surface area contributed by atoms with Gasteiger partial charge in [-0.1, -0.05) is 54.1 Å². The van der Waals surface area contributed by atoms with Gasteiger partial charge in [-0.05, 0) is 48.2 Å². The normalized spacial score (nSPS) is 10.6. The maximum atomic E-state index is 12.5. The molecule has 1 amide bonds. The molecule has 0 radical (unpaired) electrons. The number of carbonyl (C=O) groups excluding carboxylic acids is 1. The summed E-state index contributed by atoms with van der Waals surface area (Å²) in [5, 5.41) is 5.10. The van der Waals surface area contributed by atoms with Crippen LogP contribution in [0.1, 0.15) is 27.9 Å². The summed E-state index contributed by atoms with van der Waals surface area (Å²) < 4.78 is 5.40. The molecule has 25 heavy (non-hydrogen) atoms. The van der Waals surface area contributed by atoms with E-state index >= 15 is 0 Å². The molecule has 128 valence electrons. The zero-order valence-electron chi connectivity index (χ0n) is 14.7. The number of aryl methyl sites for hydroxylation is 2. The lowest BCUT2D eigenvalue weighted by Gasteiger charge is -2.11. The summed E-state index contributed by atoms with van der Waals surface area (Å²) in [7, 11) is 1.60. The smallest absolute Gasteiger partial charge is 0.255 e. The Morgan fingerprint density at radius 3 is 2.36 bits per heavy atom. The van der Waals surface area contributed by atoms with E-state index in [1.54, 1.807) is 7.11 Å². The number of amides is 1. The fourth-order valence-electron chi connectivity index (χ4n) is 2.91. The number of nitrogens with one attached hydrogen (secondary N) is 1. The number of rotatable bonds is 6. The van der Waals surface area contributed by atoms with Gasteiger partial charge in [-0.3, -0.25) is 4.79 Å². The first kappa shape index (κ1) is 17.0. The highest BCUT2D eigenvalue weighted by Crippen LogP contribution is 2.25. The molecule has 0 bridgehead atoms. The predicted molar refractivity (Wildman–Crippen MR) is 102 cm³/mol. The molecule has 0 aliphatic carbocycles. The monoisotopic (exact) mass is 333 g/mol. The maximum absolute atomic E-state index is 12.5. The number of hydrogen-bond acceptors (Lipinski definition) is 2. The van der Waals surface area contributed by atoms with Crippen LogP contribution in [0, 0.1) is 6.92 Å². The second kappa shape index (κ2) is 7.84. The van der Waals surface area contributed by atoms with Crippen LogP contribution < -0.4 is 10.1 Å². The molecular formula is C22H23NO2. The molecular weight excluding hydrogens is 310 g/mol. The summed E-state index contributed by atoms with van der Waals surface area (Å²) in [6, 6.07) is 20.3. The minimum Gasteiger partial charge on any atom is -0.496 e. The molecule has 0 aliphatic rings. The summed E-state index contributed by atoms with van der Waals surface area (Å²) >= 11 is 0. The summed E-state index contributed by atoms with van der Waals surface area (Å²) in [6.07, 6.45) is 1.86. The van der Waals surface area contributed by atoms with E-state index in [1.165, 1.54) is 11.1 Å². The third-order valence-corrected chi connectivity index (χ3v) is 4.36. The number of methoxy groups -OCH3 is 1. The molecule has 0 fully saturated rings. The van der Waals surface area contributed by atoms with Gasteiger partial charge in [0.2, 0.25) is 0 Å². The lowest BCUT2D eigenvalue weighted by atomic mass is 10.0. The Balaban J connectivity index is 1.62. The second-order valence-corrected chi connectivity index (χ2v) is 6.24. The summed E-state index contributed by atoms with van der Waals surface area (Å²) in [5.41, 5.74) is 3.14. The van der Waals surface area contributed by atoms with Crippen molar-refractivity contribution in [3.05, 3.63) is 77.4 Å². The van der Waals surface area contributed by atoms with E-state index in [-0.39, 0.29) is 5.91 Å². The van der Waals surface area contributed by atoms with Gasteiger partial charge in [-0.15, -0.1) is 0 Å². The zero-order valence-corrected chi connectivity index (χ0v) is 14.7. The van der Waals surface area contributed by atoms with Crippen LogP contribution in [-0.2, 0) is 6.42 Å². The fourth-order valence-corrected chi connectivity index (χ4v) is 2.91. The molecule has 3 nitrogen and oxygen atoms in total. The van der Waals surface area contributed by atoms with E-state index in [0.29, 0.717) is 17.9 Å². The third-order valence-electron chi connectivity index (χ3n) is 4.36. The van der Waals surface area contributed by atoms with E-state index in [0.717, 1.165) is 23.6 Å².